The normalized spacial score (nSPS) is 12.8. The van der Waals surface area contributed by atoms with E-state index in [0.717, 1.165) is 0 Å². The number of nitrogens with one attached hydrogen (secondary N) is 1. The van der Waals surface area contributed by atoms with E-state index in [9.17, 15) is 9.18 Å². The lowest BCUT2D eigenvalue weighted by atomic mass is 10.1. The fourth-order valence-corrected chi connectivity index (χ4v) is 1.55. The highest BCUT2D eigenvalue weighted by Crippen LogP contribution is 2.20. The number of rotatable bonds is 5. The van der Waals surface area contributed by atoms with Crippen LogP contribution < -0.4 is 11.1 Å². The highest BCUT2D eigenvalue weighted by atomic mass is 35.5. The molecule has 0 aliphatic heterocycles. The zero-order valence-corrected chi connectivity index (χ0v) is 10.6. The van der Waals surface area contributed by atoms with Crippen LogP contribution in [0, 0.1) is 11.7 Å². The Kier molecular flexibility index (Phi) is 4.90. The van der Waals surface area contributed by atoms with E-state index >= 15 is 0 Å². The summed E-state index contributed by atoms with van der Waals surface area (Å²) < 4.78 is 13.3. The van der Waals surface area contributed by atoms with E-state index in [-0.39, 0.29) is 5.02 Å². The smallest absolute Gasteiger partial charge is 0.239 e. The van der Waals surface area contributed by atoms with Gasteiger partial charge in [-0.25, -0.2) is 4.39 Å². The van der Waals surface area contributed by atoms with Crippen LogP contribution >= 0.6 is 11.6 Å². The Hall–Kier alpha value is -1.13. The molecule has 0 aliphatic rings. The summed E-state index contributed by atoms with van der Waals surface area (Å²) in [5, 5.41) is 3.03. The van der Waals surface area contributed by atoms with Crippen LogP contribution in [0.1, 0.15) is 25.5 Å². The first-order valence-electron chi connectivity index (χ1n) is 5.39. The van der Waals surface area contributed by atoms with Crippen molar-refractivity contribution < 1.29 is 9.18 Å². The average Bonchev–Trinajstić information content (AvgIpc) is 2.22. The van der Waals surface area contributed by atoms with Gasteiger partial charge in [-0.2, -0.15) is 0 Å². The molecular weight excluding hydrogens is 243 g/mol. The number of halogens is 2. The summed E-state index contributed by atoms with van der Waals surface area (Å²) in [7, 11) is 0. The molecule has 0 aliphatic carbocycles. The van der Waals surface area contributed by atoms with Crippen molar-refractivity contribution in [1.82, 2.24) is 5.32 Å². The van der Waals surface area contributed by atoms with Gasteiger partial charge in [0.1, 0.15) is 11.9 Å². The summed E-state index contributed by atoms with van der Waals surface area (Å²) >= 11 is 5.58. The molecule has 1 rings (SSSR count). The van der Waals surface area contributed by atoms with Crippen LogP contribution in [0.4, 0.5) is 4.39 Å². The van der Waals surface area contributed by atoms with Crippen LogP contribution in [0.25, 0.3) is 0 Å². The zero-order chi connectivity index (χ0) is 13.0. The van der Waals surface area contributed by atoms with E-state index in [1.807, 2.05) is 13.8 Å². The van der Waals surface area contributed by atoms with Gasteiger partial charge in [-0.15, -0.1) is 0 Å². The molecule has 0 radical (unpaired) electrons. The van der Waals surface area contributed by atoms with Gasteiger partial charge in [0.25, 0.3) is 0 Å². The average molecular weight is 259 g/mol. The molecule has 0 saturated heterocycles. The van der Waals surface area contributed by atoms with Crippen molar-refractivity contribution in [2.45, 2.75) is 19.9 Å². The van der Waals surface area contributed by atoms with E-state index in [2.05, 4.69) is 5.32 Å². The van der Waals surface area contributed by atoms with E-state index in [1.54, 1.807) is 6.07 Å². The van der Waals surface area contributed by atoms with Crippen LogP contribution in [0.3, 0.4) is 0 Å². The Balaban J connectivity index is 2.89. The summed E-state index contributed by atoms with van der Waals surface area (Å²) in [4.78, 5) is 11.3. The van der Waals surface area contributed by atoms with Crippen molar-refractivity contribution in [2.75, 3.05) is 6.54 Å². The lowest BCUT2D eigenvalue weighted by Crippen LogP contribution is -2.35. The van der Waals surface area contributed by atoms with Gasteiger partial charge in [-0.05, 0) is 30.2 Å². The quantitative estimate of drug-likeness (QED) is 0.851. The molecule has 0 bridgehead atoms. The second-order valence-corrected chi connectivity index (χ2v) is 4.72. The van der Waals surface area contributed by atoms with Gasteiger partial charge in [-0.3, -0.25) is 4.79 Å². The molecule has 1 atom stereocenters. The topological polar surface area (TPSA) is 55.1 Å². The Morgan fingerprint density at radius 3 is 2.65 bits per heavy atom. The number of hydrogen-bond acceptors (Lipinski definition) is 2. The van der Waals surface area contributed by atoms with Crippen LogP contribution in [-0.4, -0.2) is 12.5 Å². The third kappa shape index (κ3) is 3.98. The molecule has 5 heteroatoms. The lowest BCUT2D eigenvalue weighted by molar-refractivity contribution is -0.120. The Bertz CT molecular complexity index is 409. The Morgan fingerprint density at radius 2 is 2.18 bits per heavy atom. The molecule has 1 aromatic carbocycles. The standard InChI is InChI=1S/C12H16ClFN2O/c1-7(2)6-16-11(12(15)17)8-3-4-9(13)10(14)5-8/h3-5,7,11,16H,6H2,1-2H3,(H2,15,17). The molecule has 3 nitrogen and oxygen atoms in total. The molecule has 0 fully saturated rings. The van der Waals surface area contributed by atoms with E-state index in [1.165, 1.54) is 12.1 Å². The molecule has 1 unspecified atom stereocenters. The molecule has 1 aromatic rings. The van der Waals surface area contributed by atoms with Gasteiger partial charge in [0.05, 0.1) is 5.02 Å². The third-order valence-electron chi connectivity index (χ3n) is 2.29. The fourth-order valence-electron chi connectivity index (χ4n) is 1.43. The van der Waals surface area contributed by atoms with Gasteiger partial charge in [0.2, 0.25) is 5.91 Å². The largest absolute Gasteiger partial charge is 0.368 e. The van der Waals surface area contributed by atoms with Gasteiger partial charge in [0.15, 0.2) is 0 Å². The summed E-state index contributed by atoms with van der Waals surface area (Å²) in [5.74, 6) is -0.719. The van der Waals surface area contributed by atoms with Crippen LogP contribution in [0.5, 0.6) is 0 Å². The van der Waals surface area contributed by atoms with E-state index < -0.39 is 17.8 Å². The predicted molar refractivity (Wildman–Crippen MR) is 66.2 cm³/mol. The third-order valence-corrected chi connectivity index (χ3v) is 2.60. The van der Waals surface area contributed by atoms with Gasteiger partial charge < -0.3 is 11.1 Å². The first kappa shape index (κ1) is 13.9. The number of primary amides is 1. The number of benzene rings is 1. The van der Waals surface area contributed by atoms with E-state index in [4.69, 9.17) is 17.3 Å². The highest BCUT2D eigenvalue weighted by Gasteiger charge is 2.18. The van der Waals surface area contributed by atoms with E-state index in [0.29, 0.717) is 18.0 Å². The fraction of sp³-hybridized carbons (Fsp3) is 0.417. The van der Waals surface area contributed by atoms with Crippen molar-refractivity contribution in [2.24, 2.45) is 11.7 Å². The van der Waals surface area contributed by atoms with Crippen LogP contribution in [0.2, 0.25) is 5.02 Å². The van der Waals surface area contributed by atoms with Gasteiger partial charge >= 0.3 is 0 Å². The Morgan fingerprint density at radius 1 is 1.53 bits per heavy atom. The minimum atomic E-state index is -0.691. The van der Waals surface area contributed by atoms with Gasteiger partial charge in [0, 0.05) is 0 Å². The predicted octanol–water partition coefficient (Wildman–Crippen LogP) is 2.25. The van der Waals surface area contributed by atoms with Crippen molar-refractivity contribution in [1.29, 1.82) is 0 Å². The van der Waals surface area contributed by atoms with Crippen molar-refractivity contribution in [3.8, 4) is 0 Å². The second-order valence-electron chi connectivity index (χ2n) is 4.31. The number of amides is 1. The molecular formula is C12H16ClFN2O. The SMILES string of the molecule is CC(C)CNC(C(N)=O)c1ccc(Cl)c(F)c1. The monoisotopic (exact) mass is 258 g/mol. The molecule has 94 valence electrons. The molecule has 0 saturated carbocycles. The number of nitrogens with two attached hydrogens (primary N) is 1. The second kappa shape index (κ2) is 5.98. The Labute approximate surface area is 105 Å². The molecule has 0 heterocycles. The zero-order valence-electron chi connectivity index (χ0n) is 9.84. The number of carbonyl (C=O) groups excluding carboxylic acids is 1. The molecule has 0 aromatic heterocycles. The summed E-state index contributed by atoms with van der Waals surface area (Å²) in [6, 6.07) is 3.54. The minimum absolute atomic E-state index is 0.0285. The lowest BCUT2D eigenvalue weighted by Gasteiger charge is -2.17. The van der Waals surface area contributed by atoms with Gasteiger partial charge in [-0.1, -0.05) is 31.5 Å². The molecule has 3 N–H and O–H groups in total. The summed E-state index contributed by atoms with van der Waals surface area (Å²) in [6.45, 7) is 4.64. The van der Waals surface area contributed by atoms with Crippen LogP contribution in [0.15, 0.2) is 18.2 Å². The number of hydrogen-bond donors (Lipinski definition) is 2. The van der Waals surface area contributed by atoms with Crippen molar-refractivity contribution in [3.05, 3.63) is 34.6 Å². The highest BCUT2D eigenvalue weighted by molar-refractivity contribution is 6.30. The summed E-state index contributed by atoms with van der Waals surface area (Å²) in [6.07, 6.45) is 0. The number of carbonyl (C=O) groups is 1. The summed E-state index contributed by atoms with van der Waals surface area (Å²) in [5.41, 5.74) is 5.77. The minimum Gasteiger partial charge on any atom is -0.368 e. The van der Waals surface area contributed by atoms with Crippen molar-refractivity contribution in [3.63, 3.8) is 0 Å². The molecule has 1 amide bonds. The first-order chi connectivity index (χ1) is 7.91. The molecule has 0 spiro atoms. The maximum atomic E-state index is 13.3. The van der Waals surface area contributed by atoms with Crippen molar-refractivity contribution >= 4 is 17.5 Å². The maximum absolute atomic E-state index is 13.3. The maximum Gasteiger partial charge on any atom is 0.239 e. The molecule has 17 heavy (non-hydrogen) atoms. The van der Waals surface area contributed by atoms with Crippen LogP contribution in [-0.2, 0) is 4.79 Å². The first-order valence-corrected chi connectivity index (χ1v) is 5.77.